The zero-order valence-corrected chi connectivity index (χ0v) is 19.6. The number of hydrogen-bond donors (Lipinski definition) is 2. The third kappa shape index (κ3) is 4.58. The quantitative estimate of drug-likeness (QED) is 0.437. The maximum absolute atomic E-state index is 13.3. The molecule has 1 amide bonds. The summed E-state index contributed by atoms with van der Waals surface area (Å²) in [5.41, 5.74) is 1.09. The minimum absolute atomic E-state index is 0.0516. The molecule has 0 aliphatic heterocycles. The van der Waals surface area contributed by atoms with Crippen LogP contribution in [0.15, 0.2) is 53.7 Å². The van der Waals surface area contributed by atoms with E-state index in [0.29, 0.717) is 16.9 Å². The molecule has 2 aromatic carbocycles. The highest BCUT2D eigenvalue weighted by atomic mass is 35.5. The fourth-order valence-corrected chi connectivity index (χ4v) is 3.79. The maximum atomic E-state index is 13.3. The van der Waals surface area contributed by atoms with E-state index in [9.17, 15) is 14.7 Å². The van der Waals surface area contributed by atoms with Gasteiger partial charge in [-0.15, -0.1) is 0 Å². The molecule has 0 saturated heterocycles. The molecule has 0 radical (unpaired) electrons. The first-order valence-corrected chi connectivity index (χ1v) is 10.8. The number of rotatable bonds is 4. The van der Waals surface area contributed by atoms with Crippen molar-refractivity contribution in [1.29, 1.82) is 0 Å². The molecule has 0 bridgehead atoms. The predicted molar refractivity (Wildman–Crippen MR) is 128 cm³/mol. The summed E-state index contributed by atoms with van der Waals surface area (Å²) in [6.07, 6.45) is 3.33. The molecule has 2 heterocycles. The first kappa shape index (κ1) is 22.8. The van der Waals surface area contributed by atoms with E-state index in [1.165, 1.54) is 23.0 Å². The molecule has 0 unspecified atom stereocenters. The van der Waals surface area contributed by atoms with Crippen LogP contribution in [0.3, 0.4) is 0 Å². The summed E-state index contributed by atoms with van der Waals surface area (Å²) in [6.45, 7) is 6.35. The number of carbonyl (C=O) groups is 1. The molecule has 2 N–H and O–H groups in total. The predicted octanol–water partition coefficient (Wildman–Crippen LogP) is 4.66. The van der Waals surface area contributed by atoms with Crippen molar-refractivity contribution in [1.82, 2.24) is 19.3 Å². The Morgan fingerprint density at radius 2 is 1.85 bits per heavy atom. The number of anilines is 1. The standard InChI is InChI=1S/C23H21Cl2N5O3/c1-23(2,3)30-8-7-14(28-30)11-29-12-26-17-5-4-6-18(19(17)22(29)33)27-21(32)13-9-15(24)20(31)16(25)10-13/h4-10,12,31H,11H2,1-3H3,(H,27,32). The lowest BCUT2D eigenvalue weighted by molar-refractivity contribution is 0.102. The largest absolute Gasteiger partial charge is 0.505 e. The molecule has 170 valence electrons. The highest BCUT2D eigenvalue weighted by molar-refractivity contribution is 6.37. The third-order valence-electron chi connectivity index (χ3n) is 5.04. The van der Waals surface area contributed by atoms with Crippen LogP contribution in [0.1, 0.15) is 36.8 Å². The highest BCUT2D eigenvalue weighted by Crippen LogP contribution is 2.33. The summed E-state index contributed by atoms with van der Waals surface area (Å²) in [5, 5.41) is 17.1. The summed E-state index contributed by atoms with van der Waals surface area (Å²) in [7, 11) is 0. The van der Waals surface area contributed by atoms with Gasteiger partial charge in [0.05, 0.1) is 50.7 Å². The van der Waals surface area contributed by atoms with Gasteiger partial charge in [-0.25, -0.2) is 4.98 Å². The van der Waals surface area contributed by atoms with Crippen molar-refractivity contribution < 1.29 is 9.90 Å². The van der Waals surface area contributed by atoms with Gasteiger partial charge >= 0.3 is 0 Å². The zero-order valence-electron chi connectivity index (χ0n) is 18.1. The molecule has 4 rings (SSSR count). The van der Waals surface area contributed by atoms with E-state index in [-0.39, 0.29) is 44.4 Å². The van der Waals surface area contributed by atoms with Crippen molar-refractivity contribution in [2.75, 3.05) is 5.32 Å². The van der Waals surface area contributed by atoms with E-state index >= 15 is 0 Å². The molecule has 8 nitrogen and oxygen atoms in total. The Labute approximate surface area is 199 Å². The molecule has 4 aromatic rings. The second-order valence-corrected chi connectivity index (χ2v) is 9.36. The fraction of sp³-hybridized carbons (Fsp3) is 0.217. The van der Waals surface area contributed by atoms with Crippen LogP contribution < -0.4 is 10.9 Å². The number of benzene rings is 2. The lowest BCUT2D eigenvalue weighted by atomic mass is 10.1. The second-order valence-electron chi connectivity index (χ2n) is 8.54. The van der Waals surface area contributed by atoms with Gasteiger partial charge in [0.25, 0.3) is 11.5 Å². The average Bonchev–Trinajstić information content (AvgIpc) is 3.23. The molecule has 0 fully saturated rings. The summed E-state index contributed by atoms with van der Waals surface area (Å²) >= 11 is 11.9. The van der Waals surface area contributed by atoms with Crippen LogP contribution in [0.25, 0.3) is 10.9 Å². The van der Waals surface area contributed by atoms with E-state index in [2.05, 4.69) is 15.4 Å². The Morgan fingerprint density at radius 1 is 1.15 bits per heavy atom. The topological polar surface area (TPSA) is 102 Å². The van der Waals surface area contributed by atoms with Gasteiger partial charge in [0.2, 0.25) is 0 Å². The first-order valence-electron chi connectivity index (χ1n) is 10.1. The summed E-state index contributed by atoms with van der Waals surface area (Å²) < 4.78 is 3.28. The first-order chi connectivity index (χ1) is 15.5. The number of amides is 1. The van der Waals surface area contributed by atoms with Gasteiger partial charge in [-0.2, -0.15) is 5.10 Å². The minimum Gasteiger partial charge on any atom is -0.505 e. The number of aromatic hydroxyl groups is 1. The van der Waals surface area contributed by atoms with E-state index in [1.54, 1.807) is 18.2 Å². The third-order valence-corrected chi connectivity index (χ3v) is 5.62. The van der Waals surface area contributed by atoms with Crippen LogP contribution >= 0.6 is 23.2 Å². The summed E-state index contributed by atoms with van der Waals surface area (Å²) in [6, 6.07) is 9.45. The van der Waals surface area contributed by atoms with Gasteiger partial charge in [-0.1, -0.05) is 29.3 Å². The SMILES string of the molecule is CC(C)(C)n1ccc(Cn2cnc3cccc(NC(=O)c4cc(Cl)c(O)c(Cl)c4)c3c2=O)n1. The Bertz CT molecular complexity index is 1410. The van der Waals surface area contributed by atoms with Gasteiger partial charge in [0, 0.05) is 11.8 Å². The van der Waals surface area contributed by atoms with E-state index in [0.717, 1.165) is 0 Å². The molecule has 0 saturated carbocycles. The van der Waals surface area contributed by atoms with Gasteiger partial charge < -0.3 is 10.4 Å². The van der Waals surface area contributed by atoms with E-state index < -0.39 is 5.91 Å². The monoisotopic (exact) mass is 485 g/mol. The number of phenolic OH excluding ortho intramolecular Hbond substituents is 1. The van der Waals surface area contributed by atoms with Crippen molar-refractivity contribution in [2.24, 2.45) is 0 Å². The Balaban J connectivity index is 1.69. The van der Waals surface area contributed by atoms with Crippen LogP contribution in [-0.2, 0) is 12.1 Å². The number of halogens is 2. The van der Waals surface area contributed by atoms with Crippen molar-refractivity contribution in [3.63, 3.8) is 0 Å². The molecule has 33 heavy (non-hydrogen) atoms. The average molecular weight is 486 g/mol. The van der Waals surface area contributed by atoms with Crippen LogP contribution in [0.5, 0.6) is 5.75 Å². The Morgan fingerprint density at radius 3 is 2.48 bits per heavy atom. The van der Waals surface area contributed by atoms with Gasteiger partial charge in [-0.05, 0) is 51.1 Å². The summed E-state index contributed by atoms with van der Waals surface area (Å²) in [5.74, 6) is -0.842. The van der Waals surface area contributed by atoms with Crippen LogP contribution in [0.4, 0.5) is 5.69 Å². The molecule has 10 heteroatoms. The minimum atomic E-state index is -0.537. The number of phenols is 1. The molecule has 2 aromatic heterocycles. The molecule has 0 aliphatic carbocycles. The number of fused-ring (bicyclic) bond motifs is 1. The number of aromatic nitrogens is 4. The van der Waals surface area contributed by atoms with E-state index in [4.69, 9.17) is 23.2 Å². The highest BCUT2D eigenvalue weighted by Gasteiger charge is 2.17. The number of nitrogens with zero attached hydrogens (tertiary/aromatic N) is 4. The Kier molecular flexibility index (Phi) is 5.90. The lowest BCUT2D eigenvalue weighted by Gasteiger charge is -2.18. The van der Waals surface area contributed by atoms with Crippen LogP contribution in [0.2, 0.25) is 10.0 Å². The van der Waals surface area contributed by atoms with Gasteiger partial charge in [-0.3, -0.25) is 18.8 Å². The summed E-state index contributed by atoms with van der Waals surface area (Å²) in [4.78, 5) is 30.5. The van der Waals surface area contributed by atoms with Crippen molar-refractivity contribution >= 4 is 45.7 Å². The number of hydrogen-bond acceptors (Lipinski definition) is 5. The molecular weight excluding hydrogens is 465 g/mol. The number of nitrogens with one attached hydrogen (secondary N) is 1. The number of carbonyl (C=O) groups excluding carboxylic acids is 1. The van der Waals surface area contributed by atoms with E-state index in [1.807, 2.05) is 37.7 Å². The maximum Gasteiger partial charge on any atom is 0.263 e. The smallest absolute Gasteiger partial charge is 0.263 e. The normalized spacial score (nSPS) is 11.7. The molecule has 0 atom stereocenters. The van der Waals surface area contributed by atoms with Gasteiger partial charge in [0.1, 0.15) is 0 Å². The second kappa shape index (κ2) is 8.53. The Hall–Kier alpha value is -3.36. The van der Waals surface area contributed by atoms with Crippen molar-refractivity contribution in [3.05, 3.63) is 80.6 Å². The van der Waals surface area contributed by atoms with Crippen LogP contribution in [0, 0.1) is 0 Å². The molecule has 0 spiro atoms. The fourth-order valence-electron chi connectivity index (χ4n) is 3.30. The van der Waals surface area contributed by atoms with Crippen molar-refractivity contribution in [2.45, 2.75) is 32.9 Å². The molecule has 0 aliphatic rings. The molecular formula is C23H21Cl2N5O3. The van der Waals surface area contributed by atoms with Crippen LogP contribution in [-0.4, -0.2) is 30.3 Å². The van der Waals surface area contributed by atoms with Gasteiger partial charge in [0.15, 0.2) is 5.75 Å². The zero-order chi connectivity index (χ0) is 23.9. The lowest BCUT2D eigenvalue weighted by Crippen LogP contribution is -2.25. The van der Waals surface area contributed by atoms with Crippen molar-refractivity contribution in [3.8, 4) is 5.75 Å².